The van der Waals surface area contributed by atoms with Gasteiger partial charge in [0.1, 0.15) is 17.3 Å². The van der Waals surface area contributed by atoms with Crippen LogP contribution in [0.2, 0.25) is 0 Å². The minimum atomic E-state index is -0.842. The molecule has 0 saturated carbocycles. The summed E-state index contributed by atoms with van der Waals surface area (Å²) in [6.45, 7) is 6.85. The van der Waals surface area contributed by atoms with E-state index in [-0.39, 0.29) is 18.9 Å². The quantitative estimate of drug-likeness (QED) is 0.866. The molecule has 0 bridgehead atoms. The molecule has 2 aromatic rings. The van der Waals surface area contributed by atoms with Gasteiger partial charge < -0.3 is 10.2 Å². The van der Waals surface area contributed by atoms with Crippen LogP contribution in [0.4, 0.5) is 20.2 Å². The first-order valence-electron chi connectivity index (χ1n) is 8.30. The standard InChI is InChI=1S/C20H22F2N2O2/c1-12-10-13(2)19(14(3)11-12)23-18(26)8-9-24(15(4)25)20-16(21)6-5-7-17(20)22/h5-7,10-11H,8-9H2,1-4H3,(H,23,26). The van der Waals surface area contributed by atoms with Crippen molar-refractivity contribution >= 4 is 23.2 Å². The molecule has 1 N–H and O–H groups in total. The Morgan fingerprint density at radius 3 is 2.08 bits per heavy atom. The predicted molar refractivity (Wildman–Crippen MR) is 98.3 cm³/mol. The zero-order valence-corrected chi connectivity index (χ0v) is 15.3. The van der Waals surface area contributed by atoms with Crippen LogP contribution in [0, 0.1) is 32.4 Å². The number of halogens is 2. The number of nitrogens with zero attached hydrogens (tertiary/aromatic N) is 1. The van der Waals surface area contributed by atoms with Gasteiger partial charge in [-0.2, -0.15) is 0 Å². The van der Waals surface area contributed by atoms with Gasteiger partial charge in [-0.05, 0) is 44.0 Å². The topological polar surface area (TPSA) is 49.4 Å². The molecule has 0 atom stereocenters. The second-order valence-corrected chi connectivity index (χ2v) is 6.31. The maximum atomic E-state index is 13.9. The fourth-order valence-corrected chi connectivity index (χ4v) is 2.97. The van der Waals surface area contributed by atoms with Crippen molar-refractivity contribution in [3.63, 3.8) is 0 Å². The number of amides is 2. The van der Waals surface area contributed by atoms with E-state index in [1.54, 1.807) is 0 Å². The number of nitrogens with one attached hydrogen (secondary N) is 1. The summed E-state index contributed by atoms with van der Waals surface area (Å²) in [5.41, 5.74) is 3.23. The molecule has 0 fully saturated rings. The summed E-state index contributed by atoms with van der Waals surface area (Å²) in [5, 5.41) is 2.82. The number of rotatable bonds is 5. The molecule has 4 nitrogen and oxygen atoms in total. The number of carbonyl (C=O) groups is 2. The van der Waals surface area contributed by atoms with Crippen LogP contribution in [0.15, 0.2) is 30.3 Å². The van der Waals surface area contributed by atoms with E-state index in [1.807, 2.05) is 32.9 Å². The van der Waals surface area contributed by atoms with Gasteiger partial charge in [-0.3, -0.25) is 9.59 Å². The summed E-state index contributed by atoms with van der Waals surface area (Å²) < 4.78 is 27.9. The Bertz CT molecular complexity index is 806. The fourth-order valence-electron chi connectivity index (χ4n) is 2.97. The smallest absolute Gasteiger partial charge is 0.226 e. The van der Waals surface area contributed by atoms with Gasteiger partial charge in [0.25, 0.3) is 0 Å². The average molecular weight is 360 g/mol. The zero-order valence-electron chi connectivity index (χ0n) is 15.3. The Morgan fingerprint density at radius 2 is 1.58 bits per heavy atom. The minimum Gasteiger partial charge on any atom is -0.326 e. The van der Waals surface area contributed by atoms with Crippen molar-refractivity contribution < 1.29 is 18.4 Å². The van der Waals surface area contributed by atoms with Crippen molar-refractivity contribution in [2.45, 2.75) is 34.1 Å². The Kier molecular flexibility index (Phi) is 6.08. The highest BCUT2D eigenvalue weighted by Gasteiger charge is 2.21. The average Bonchev–Trinajstić information content (AvgIpc) is 2.53. The lowest BCUT2D eigenvalue weighted by Gasteiger charge is -2.22. The van der Waals surface area contributed by atoms with Gasteiger partial charge in [0.15, 0.2) is 0 Å². The molecule has 2 rings (SSSR count). The van der Waals surface area contributed by atoms with Gasteiger partial charge in [0.05, 0.1) is 0 Å². The summed E-state index contributed by atoms with van der Waals surface area (Å²) in [5.74, 6) is -2.55. The Labute approximate surface area is 151 Å². The van der Waals surface area contributed by atoms with Gasteiger partial charge in [-0.25, -0.2) is 8.78 Å². The Morgan fingerprint density at radius 1 is 1.04 bits per heavy atom. The monoisotopic (exact) mass is 360 g/mol. The molecule has 0 unspecified atom stereocenters. The largest absolute Gasteiger partial charge is 0.326 e. The van der Waals surface area contributed by atoms with E-state index in [9.17, 15) is 18.4 Å². The third-order valence-electron chi connectivity index (χ3n) is 4.09. The summed E-state index contributed by atoms with van der Waals surface area (Å²) >= 11 is 0. The van der Waals surface area contributed by atoms with Crippen LogP contribution in [-0.4, -0.2) is 18.4 Å². The van der Waals surface area contributed by atoms with E-state index in [2.05, 4.69) is 5.32 Å². The van der Waals surface area contributed by atoms with Crippen LogP contribution in [0.25, 0.3) is 0 Å². The van der Waals surface area contributed by atoms with Crippen LogP contribution in [0.5, 0.6) is 0 Å². The highest BCUT2D eigenvalue weighted by Crippen LogP contribution is 2.25. The van der Waals surface area contributed by atoms with Crippen LogP contribution >= 0.6 is 0 Å². The number of para-hydroxylation sites is 1. The van der Waals surface area contributed by atoms with E-state index < -0.39 is 23.2 Å². The molecule has 0 radical (unpaired) electrons. The first kappa shape index (κ1) is 19.6. The number of hydrogen-bond acceptors (Lipinski definition) is 2. The summed E-state index contributed by atoms with van der Waals surface area (Å²) in [6.07, 6.45) is -0.0832. The maximum Gasteiger partial charge on any atom is 0.226 e. The van der Waals surface area contributed by atoms with Crippen molar-refractivity contribution in [3.05, 3.63) is 58.7 Å². The van der Waals surface area contributed by atoms with Crippen molar-refractivity contribution in [1.82, 2.24) is 0 Å². The first-order valence-corrected chi connectivity index (χ1v) is 8.30. The lowest BCUT2D eigenvalue weighted by Crippen LogP contribution is -2.33. The van der Waals surface area contributed by atoms with Gasteiger partial charge in [0, 0.05) is 25.6 Å². The van der Waals surface area contributed by atoms with Crippen LogP contribution in [0.1, 0.15) is 30.0 Å². The molecule has 0 aliphatic carbocycles. The lowest BCUT2D eigenvalue weighted by molar-refractivity contribution is -0.117. The van der Waals surface area contributed by atoms with Crippen LogP contribution in [-0.2, 0) is 9.59 Å². The molecule has 0 spiro atoms. The normalized spacial score (nSPS) is 10.5. The highest BCUT2D eigenvalue weighted by molar-refractivity contribution is 5.95. The van der Waals surface area contributed by atoms with Crippen LogP contribution < -0.4 is 10.2 Å². The lowest BCUT2D eigenvalue weighted by atomic mass is 10.0. The Hall–Kier alpha value is -2.76. The van der Waals surface area contributed by atoms with Gasteiger partial charge in [-0.15, -0.1) is 0 Å². The second-order valence-electron chi connectivity index (χ2n) is 6.31. The van der Waals surface area contributed by atoms with E-state index >= 15 is 0 Å². The van der Waals surface area contributed by atoms with Gasteiger partial charge in [0.2, 0.25) is 11.8 Å². The van der Waals surface area contributed by atoms with E-state index in [0.29, 0.717) is 5.69 Å². The molecule has 0 aliphatic rings. The minimum absolute atomic E-state index is 0.0832. The Balaban J connectivity index is 2.13. The molecule has 6 heteroatoms. The number of benzene rings is 2. The number of anilines is 2. The molecular weight excluding hydrogens is 338 g/mol. The zero-order chi connectivity index (χ0) is 19.4. The van der Waals surface area contributed by atoms with Crippen molar-refractivity contribution in [1.29, 1.82) is 0 Å². The number of carbonyl (C=O) groups excluding carboxylic acids is 2. The van der Waals surface area contributed by atoms with E-state index in [4.69, 9.17) is 0 Å². The molecule has 0 aliphatic heterocycles. The summed E-state index contributed by atoms with van der Waals surface area (Å²) in [4.78, 5) is 25.1. The fraction of sp³-hybridized carbons (Fsp3) is 0.300. The highest BCUT2D eigenvalue weighted by atomic mass is 19.1. The molecule has 2 amide bonds. The van der Waals surface area contributed by atoms with Gasteiger partial charge >= 0.3 is 0 Å². The molecule has 2 aromatic carbocycles. The van der Waals surface area contributed by atoms with E-state index in [1.165, 1.54) is 13.0 Å². The van der Waals surface area contributed by atoms with Crippen molar-refractivity contribution in [3.8, 4) is 0 Å². The van der Waals surface area contributed by atoms with Crippen LogP contribution in [0.3, 0.4) is 0 Å². The SMILES string of the molecule is CC(=O)N(CCC(=O)Nc1c(C)cc(C)cc1C)c1c(F)cccc1F. The molecule has 0 saturated heterocycles. The first-order chi connectivity index (χ1) is 12.2. The maximum absolute atomic E-state index is 13.9. The number of aryl methyl sites for hydroxylation is 3. The van der Waals surface area contributed by atoms with Gasteiger partial charge in [-0.1, -0.05) is 23.8 Å². The third-order valence-corrected chi connectivity index (χ3v) is 4.09. The number of hydrogen-bond donors (Lipinski definition) is 1. The van der Waals surface area contributed by atoms with Crippen molar-refractivity contribution in [2.24, 2.45) is 0 Å². The summed E-state index contributed by atoms with van der Waals surface area (Å²) in [6, 6.07) is 7.29. The van der Waals surface area contributed by atoms with E-state index in [0.717, 1.165) is 33.7 Å². The summed E-state index contributed by atoms with van der Waals surface area (Å²) in [7, 11) is 0. The molecule has 138 valence electrons. The predicted octanol–water partition coefficient (Wildman–Crippen LogP) is 4.27. The van der Waals surface area contributed by atoms with Crippen molar-refractivity contribution in [2.75, 3.05) is 16.8 Å². The molecule has 26 heavy (non-hydrogen) atoms. The second kappa shape index (κ2) is 8.08. The third kappa shape index (κ3) is 4.45. The molecule has 0 heterocycles. The molecular formula is C20H22F2N2O2. The molecule has 0 aromatic heterocycles.